The molecule has 0 aliphatic carbocycles. The zero-order chi connectivity index (χ0) is 12.3. The molecule has 3 heteroatoms. The Bertz CT molecular complexity index is 353. The van der Waals surface area contributed by atoms with Crippen LogP contribution in [0.1, 0.15) is 39.1 Å². The smallest absolute Gasteiger partial charge is 0.147 e. The highest BCUT2D eigenvalue weighted by Crippen LogP contribution is 2.25. The van der Waals surface area contributed by atoms with Crippen molar-refractivity contribution in [3.05, 3.63) is 17.6 Å². The molecule has 1 aromatic heterocycles. The summed E-state index contributed by atoms with van der Waals surface area (Å²) in [5, 5.41) is 3.39. The molecule has 0 radical (unpaired) electrons. The largest absolute Gasteiger partial charge is 0.368 e. The van der Waals surface area contributed by atoms with Crippen LogP contribution in [0.4, 0.5) is 5.82 Å². The standard InChI is InChI=1S/C13H23N3/c1-9(13(4,5)6)7-15-12-11(3)14-8-10(2)16-12/h8-9H,7H2,1-6H3,(H,15,16). The Morgan fingerprint density at radius 1 is 1.31 bits per heavy atom. The van der Waals surface area contributed by atoms with Crippen LogP contribution >= 0.6 is 0 Å². The topological polar surface area (TPSA) is 37.8 Å². The van der Waals surface area contributed by atoms with Gasteiger partial charge in [0.25, 0.3) is 0 Å². The van der Waals surface area contributed by atoms with Crippen molar-refractivity contribution in [2.45, 2.75) is 41.5 Å². The molecule has 16 heavy (non-hydrogen) atoms. The summed E-state index contributed by atoms with van der Waals surface area (Å²) in [7, 11) is 0. The number of nitrogens with zero attached hydrogens (tertiary/aromatic N) is 2. The number of aryl methyl sites for hydroxylation is 2. The molecule has 0 saturated carbocycles. The summed E-state index contributed by atoms with van der Waals surface area (Å²) in [4.78, 5) is 8.75. The van der Waals surface area contributed by atoms with Crippen LogP contribution in [0.2, 0.25) is 0 Å². The van der Waals surface area contributed by atoms with Crippen molar-refractivity contribution in [3.63, 3.8) is 0 Å². The Morgan fingerprint density at radius 2 is 1.94 bits per heavy atom. The fraction of sp³-hybridized carbons (Fsp3) is 0.692. The van der Waals surface area contributed by atoms with Crippen LogP contribution in [0.3, 0.4) is 0 Å². The quantitative estimate of drug-likeness (QED) is 0.851. The van der Waals surface area contributed by atoms with Gasteiger partial charge >= 0.3 is 0 Å². The molecule has 0 spiro atoms. The SMILES string of the molecule is Cc1cnc(C)c(NCC(C)C(C)(C)C)n1. The summed E-state index contributed by atoms with van der Waals surface area (Å²) < 4.78 is 0. The molecule has 0 saturated heterocycles. The summed E-state index contributed by atoms with van der Waals surface area (Å²) in [6.07, 6.45) is 1.80. The number of nitrogens with one attached hydrogen (secondary N) is 1. The third kappa shape index (κ3) is 3.47. The third-order valence-electron chi connectivity index (χ3n) is 3.13. The number of hydrogen-bond acceptors (Lipinski definition) is 3. The molecule has 1 N–H and O–H groups in total. The summed E-state index contributed by atoms with van der Waals surface area (Å²) >= 11 is 0. The molecule has 1 rings (SSSR count). The van der Waals surface area contributed by atoms with Gasteiger partial charge in [0.2, 0.25) is 0 Å². The lowest BCUT2D eigenvalue weighted by Crippen LogP contribution is -2.25. The van der Waals surface area contributed by atoms with E-state index >= 15 is 0 Å². The van der Waals surface area contributed by atoms with Gasteiger partial charge in [-0.25, -0.2) is 4.98 Å². The first kappa shape index (κ1) is 12.9. The molecule has 1 atom stereocenters. The van der Waals surface area contributed by atoms with Gasteiger partial charge in [-0.15, -0.1) is 0 Å². The average molecular weight is 221 g/mol. The second-order valence-corrected chi connectivity index (χ2v) is 5.59. The monoisotopic (exact) mass is 221 g/mol. The van der Waals surface area contributed by atoms with Crippen LogP contribution in [-0.4, -0.2) is 16.5 Å². The van der Waals surface area contributed by atoms with Crippen LogP contribution in [0, 0.1) is 25.2 Å². The predicted molar refractivity (Wildman–Crippen MR) is 68.6 cm³/mol. The molecule has 0 bridgehead atoms. The number of aromatic nitrogens is 2. The summed E-state index contributed by atoms with van der Waals surface area (Å²) in [5.41, 5.74) is 2.24. The minimum atomic E-state index is 0.318. The number of rotatable bonds is 3. The Hall–Kier alpha value is -1.12. The van der Waals surface area contributed by atoms with E-state index in [0.29, 0.717) is 11.3 Å². The van der Waals surface area contributed by atoms with Crippen LogP contribution in [0.15, 0.2) is 6.20 Å². The van der Waals surface area contributed by atoms with Gasteiger partial charge < -0.3 is 5.32 Å². The lowest BCUT2D eigenvalue weighted by Gasteiger charge is -2.27. The molecule has 0 aromatic carbocycles. The first-order valence-corrected chi connectivity index (χ1v) is 5.85. The molecule has 1 unspecified atom stereocenters. The molecule has 0 aliphatic heterocycles. The van der Waals surface area contributed by atoms with Crippen molar-refractivity contribution in [1.82, 2.24) is 9.97 Å². The molecule has 3 nitrogen and oxygen atoms in total. The van der Waals surface area contributed by atoms with E-state index in [2.05, 4.69) is 43.0 Å². The van der Waals surface area contributed by atoms with Gasteiger partial charge in [0.15, 0.2) is 0 Å². The van der Waals surface area contributed by atoms with Crippen LogP contribution < -0.4 is 5.32 Å². The minimum absolute atomic E-state index is 0.318. The fourth-order valence-corrected chi connectivity index (χ4v) is 1.26. The number of hydrogen-bond donors (Lipinski definition) is 1. The maximum atomic E-state index is 4.45. The summed E-state index contributed by atoms with van der Waals surface area (Å²) in [5.74, 6) is 1.50. The van der Waals surface area contributed by atoms with Crippen molar-refractivity contribution in [2.75, 3.05) is 11.9 Å². The van der Waals surface area contributed by atoms with Crippen LogP contribution in [0.5, 0.6) is 0 Å². The lowest BCUT2D eigenvalue weighted by molar-refractivity contribution is 0.274. The Morgan fingerprint density at radius 3 is 2.50 bits per heavy atom. The highest BCUT2D eigenvalue weighted by atomic mass is 15.0. The first-order chi connectivity index (χ1) is 7.30. The highest BCUT2D eigenvalue weighted by Gasteiger charge is 2.19. The maximum Gasteiger partial charge on any atom is 0.147 e. The molecule has 1 aromatic rings. The molecular weight excluding hydrogens is 198 g/mol. The third-order valence-corrected chi connectivity index (χ3v) is 3.13. The Labute approximate surface area is 98.7 Å². The Kier molecular flexibility index (Phi) is 3.89. The van der Waals surface area contributed by atoms with Gasteiger partial charge in [0.1, 0.15) is 5.82 Å². The van der Waals surface area contributed by atoms with Crippen molar-refractivity contribution in [1.29, 1.82) is 0 Å². The van der Waals surface area contributed by atoms with E-state index in [1.54, 1.807) is 6.20 Å². The van der Waals surface area contributed by atoms with Gasteiger partial charge in [-0.1, -0.05) is 27.7 Å². The van der Waals surface area contributed by atoms with Gasteiger partial charge in [0, 0.05) is 12.7 Å². The average Bonchev–Trinajstić information content (AvgIpc) is 2.17. The van der Waals surface area contributed by atoms with Crippen molar-refractivity contribution >= 4 is 5.82 Å². The van der Waals surface area contributed by atoms with Gasteiger partial charge in [-0.2, -0.15) is 0 Å². The summed E-state index contributed by atoms with van der Waals surface area (Å²) in [6.45, 7) is 13.9. The molecular formula is C13H23N3. The highest BCUT2D eigenvalue weighted by molar-refractivity contribution is 5.39. The van der Waals surface area contributed by atoms with Crippen molar-refractivity contribution < 1.29 is 0 Å². The van der Waals surface area contributed by atoms with Crippen LogP contribution in [-0.2, 0) is 0 Å². The van der Waals surface area contributed by atoms with E-state index in [9.17, 15) is 0 Å². The Balaban J connectivity index is 2.64. The molecule has 0 fully saturated rings. The minimum Gasteiger partial charge on any atom is -0.368 e. The van der Waals surface area contributed by atoms with Gasteiger partial charge in [0.05, 0.1) is 11.4 Å². The lowest BCUT2D eigenvalue weighted by atomic mass is 9.82. The van der Waals surface area contributed by atoms with E-state index in [1.807, 2.05) is 13.8 Å². The predicted octanol–water partition coefficient (Wildman–Crippen LogP) is 3.19. The maximum absolute atomic E-state index is 4.45. The van der Waals surface area contributed by atoms with E-state index in [4.69, 9.17) is 0 Å². The van der Waals surface area contributed by atoms with E-state index < -0.39 is 0 Å². The van der Waals surface area contributed by atoms with E-state index in [0.717, 1.165) is 23.8 Å². The second-order valence-electron chi connectivity index (χ2n) is 5.59. The molecule has 0 amide bonds. The van der Waals surface area contributed by atoms with Crippen molar-refractivity contribution in [2.24, 2.45) is 11.3 Å². The first-order valence-electron chi connectivity index (χ1n) is 5.85. The molecule has 90 valence electrons. The fourth-order valence-electron chi connectivity index (χ4n) is 1.26. The summed E-state index contributed by atoms with van der Waals surface area (Å²) in [6, 6.07) is 0. The second kappa shape index (κ2) is 4.81. The van der Waals surface area contributed by atoms with Gasteiger partial charge in [-0.3, -0.25) is 4.98 Å². The zero-order valence-corrected chi connectivity index (χ0v) is 11.3. The van der Waals surface area contributed by atoms with E-state index in [1.165, 1.54) is 0 Å². The number of anilines is 1. The van der Waals surface area contributed by atoms with Crippen molar-refractivity contribution in [3.8, 4) is 0 Å². The van der Waals surface area contributed by atoms with E-state index in [-0.39, 0.29) is 0 Å². The zero-order valence-electron chi connectivity index (χ0n) is 11.3. The molecule has 0 aliphatic rings. The van der Waals surface area contributed by atoms with Gasteiger partial charge in [-0.05, 0) is 25.2 Å². The molecule has 1 heterocycles. The van der Waals surface area contributed by atoms with Crippen LogP contribution in [0.25, 0.3) is 0 Å². The normalized spacial score (nSPS) is 13.6.